The van der Waals surface area contributed by atoms with E-state index in [0.717, 1.165) is 36.0 Å². The van der Waals surface area contributed by atoms with Crippen LogP contribution in [0.15, 0.2) is 29.8 Å². The van der Waals surface area contributed by atoms with Crippen LogP contribution in [-0.4, -0.2) is 0 Å². The molecule has 0 fully saturated rings. The maximum atomic E-state index is 11.9. The summed E-state index contributed by atoms with van der Waals surface area (Å²) in [6.45, 7) is 2.16. The van der Waals surface area contributed by atoms with Crippen molar-refractivity contribution < 1.29 is 5.11 Å². The molecule has 73 valence electrons. The summed E-state index contributed by atoms with van der Waals surface area (Å²) in [7, 11) is 0. The van der Waals surface area contributed by atoms with Gasteiger partial charge in [0.2, 0.25) is 0 Å². The van der Waals surface area contributed by atoms with Crippen molar-refractivity contribution in [2.45, 2.75) is 32.3 Å². The second-order valence-corrected chi connectivity index (χ2v) is 3.83. The van der Waals surface area contributed by atoms with Crippen molar-refractivity contribution in [2.24, 2.45) is 0 Å². The van der Waals surface area contributed by atoms with Crippen LogP contribution in [0, 0.1) is 0 Å². The molecule has 0 bridgehead atoms. The zero-order valence-corrected chi connectivity index (χ0v) is 8.49. The number of rotatable bonds is 3. The van der Waals surface area contributed by atoms with Crippen LogP contribution >= 0.6 is 0 Å². The second kappa shape index (κ2) is 3.97. The highest BCUT2D eigenvalue weighted by Gasteiger charge is 2.22. The fourth-order valence-electron chi connectivity index (χ4n) is 1.94. The van der Waals surface area contributed by atoms with E-state index in [9.17, 15) is 5.11 Å². The first-order valence-corrected chi connectivity index (χ1v) is 5.28. The molecule has 1 aromatic carbocycles. The number of fused-ring (bicyclic) bond motifs is 1. The first kappa shape index (κ1) is 9.47. The van der Waals surface area contributed by atoms with Gasteiger partial charge in [-0.15, -0.1) is 0 Å². The average molecular weight is 187 g/mol. The van der Waals surface area contributed by atoms with E-state index >= 15 is 0 Å². The molecule has 1 aliphatic rings. The Kier molecular flexibility index (Phi) is 2.69. The van der Waals surface area contributed by atoms with E-state index in [-0.39, 0.29) is 0 Å². The molecular weight excluding hydrogens is 172 g/mol. The molecule has 1 unspecified atom stereocenters. The summed E-state index contributed by atoms with van der Waals surface area (Å²) in [5.74, 6) is 0. The number of hydrogen-bond donors (Lipinski definition) is 0. The van der Waals surface area contributed by atoms with Crippen LogP contribution in [-0.2, 0) is 5.11 Å². The largest absolute Gasteiger partial charge is 0.223 e. The van der Waals surface area contributed by atoms with Crippen LogP contribution in [0.1, 0.15) is 43.4 Å². The summed E-state index contributed by atoms with van der Waals surface area (Å²) in [6, 6.07) is 7.91. The average Bonchev–Trinajstić information content (AvgIpc) is 2.54. The summed E-state index contributed by atoms with van der Waals surface area (Å²) in [4.78, 5) is 0. The van der Waals surface area contributed by atoms with Crippen molar-refractivity contribution >= 4 is 6.08 Å². The first-order chi connectivity index (χ1) is 6.83. The van der Waals surface area contributed by atoms with Gasteiger partial charge in [0.25, 0.3) is 0 Å². The minimum atomic E-state index is -0.599. The van der Waals surface area contributed by atoms with Gasteiger partial charge in [0.1, 0.15) is 6.10 Å². The lowest BCUT2D eigenvalue weighted by atomic mass is 10.0. The van der Waals surface area contributed by atoms with E-state index in [2.05, 4.69) is 13.0 Å². The van der Waals surface area contributed by atoms with Crippen LogP contribution in [0.2, 0.25) is 0 Å². The van der Waals surface area contributed by atoms with Crippen molar-refractivity contribution in [1.82, 2.24) is 0 Å². The predicted molar refractivity (Wildman–Crippen MR) is 57.4 cm³/mol. The van der Waals surface area contributed by atoms with Crippen molar-refractivity contribution in [2.75, 3.05) is 0 Å². The summed E-state index contributed by atoms with van der Waals surface area (Å²) in [6.07, 6.45) is 4.71. The maximum Gasteiger partial charge on any atom is 0.140 e. The van der Waals surface area contributed by atoms with E-state index < -0.39 is 6.10 Å². The Morgan fingerprint density at radius 2 is 2.07 bits per heavy atom. The molecule has 1 nitrogen and oxygen atoms in total. The van der Waals surface area contributed by atoms with Gasteiger partial charge in [-0.2, -0.15) is 0 Å². The molecule has 0 amide bonds. The van der Waals surface area contributed by atoms with Crippen LogP contribution < -0.4 is 0 Å². The van der Waals surface area contributed by atoms with Gasteiger partial charge in [0.15, 0.2) is 0 Å². The van der Waals surface area contributed by atoms with Gasteiger partial charge in [0.05, 0.1) is 0 Å². The second-order valence-electron chi connectivity index (χ2n) is 3.83. The van der Waals surface area contributed by atoms with Gasteiger partial charge in [0, 0.05) is 0 Å². The highest BCUT2D eigenvalue weighted by Crippen LogP contribution is 2.36. The molecule has 0 saturated carbocycles. The number of hydrogen-bond acceptors (Lipinski definition) is 0. The molecule has 1 atom stereocenters. The van der Waals surface area contributed by atoms with Crippen LogP contribution in [0.3, 0.4) is 0 Å². The molecule has 0 heterocycles. The highest BCUT2D eigenvalue weighted by atomic mass is 16.3. The lowest BCUT2D eigenvalue weighted by molar-refractivity contribution is 0.121. The van der Waals surface area contributed by atoms with Crippen LogP contribution in [0.5, 0.6) is 0 Å². The summed E-state index contributed by atoms with van der Waals surface area (Å²) in [5, 5.41) is 11.9. The fourth-order valence-corrected chi connectivity index (χ4v) is 1.94. The Balaban J connectivity index is 2.19. The zero-order chi connectivity index (χ0) is 9.97. The van der Waals surface area contributed by atoms with Crippen molar-refractivity contribution in [3.05, 3.63) is 41.0 Å². The lowest BCUT2D eigenvalue weighted by Gasteiger charge is -2.06. The normalized spacial score (nSPS) is 19.3. The summed E-state index contributed by atoms with van der Waals surface area (Å²) >= 11 is 0. The van der Waals surface area contributed by atoms with Crippen LogP contribution in [0.4, 0.5) is 0 Å². The molecule has 0 N–H and O–H groups in total. The van der Waals surface area contributed by atoms with Gasteiger partial charge in [-0.25, -0.2) is 5.11 Å². The number of benzene rings is 1. The van der Waals surface area contributed by atoms with Crippen LogP contribution in [0.25, 0.3) is 6.08 Å². The summed E-state index contributed by atoms with van der Waals surface area (Å²) in [5.41, 5.74) is 3.14. The van der Waals surface area contributed by atoms with E-state index in [4.69, 9.17) is 0 Å². The monoisotopic (exact) mass is 187 g/mol. The molecule has 1 aliphatic carbocycles. The minimum absolute atomic E-state index is 0.599. The van der Waals surface area contributed by atoms with Gasteiger partial charge in [-0.1, -0.05) is 43.7 Å². The first-order valence-electron chi connectivity index (χ1n) is 5.28. The van der Waals surface area contributed by atoms with Crippen molar-refractivity contribution in [3.8, 4) is 0 Å². The third kappa shape index (κ3) is 1.60. The quantitative estimate of drug-likeness (QED) is 0.687. The molecule has 0 aromatic heterocycles. The molecule has 0 aliphatic heterocycles. The molecule has 1 radical (unpaired) electrons. The van der Waals surface area contributed by atoms with E-state index in [1.165, 1.54) is 0 Å². The van der Waals surface area contributed by atoms with Crippen molar-refractivity contribution in [3.63, 3.8) is 0 Å². The molecule has 1 aromatic rings. The predicted octanol–water partition coefficient (Wildman–Crippen LogP) is 3.75. The fraction of sp³-hybridized carbons (Fsp3) is 0.385. The Morgan fingerprint density at radius 1 is 1.29 bits per heavy atom. The van der Waals surface area contributed by atoms with Gasteiger partial charge < -0.3 is 0 Å². The zero-order valence-electron chi connectivity index (χ0n) is 8.49. The Morgan fingerprint density at radius 3 is 2.79 bits per heavy atom. The van der Waals surface area contributed by atoms with Gasteiger partial charge in [-0.3, -0.25) is 0 Å². The third-order valence-corrected chi connectivity index (χ3v) is 2.78. The van der Waals surface area contributed by atoms with Gasteiger partial charge >= 0.3 is 0 Å². The molecular formula is C13H15O. The van der Waals surface area contributed by atoms with E-state index in [1.54, 1.807) is 0 Å². The summed E-state index contributed by atoms with van der Waals surface area (Å²) < 4.78 is 0. The Hall–Kier alpha value is -1.08. The standard InChI is InChI=1S/C13H15O/c1-2-3-6-11-9-10-7-4-5-8-12(10)13(11)14/h4-5,7-9,13H,2-3,6H2,1H3. The van der Waals surface area contributed by atoms with E-state index in [1.807, 2.05) is 24.3 Å². The maximum absolute atomic E-state index is 11.9. The minimum Gasteiger partial charge on any atom is -0.223 e. The smallest absolute Gasteiger partial charge is 0.140 e. The molecule has 14 heavy (non-hydrogen) atoms. The molecule has 1 heteroatoms. The van der Waals surface area contributed by atoms with Crippen molar-refractivity contribution in [1.29, 1.82) is 0 Å². The Bertz CT molecular complexity index is 352. The molecule has 0 spiro atoms. The molecule has 2 rings (SSSR count). The SMILES string of the molecule is CCCCC1=Cc2ccccc2C1[O]. The molecule has 0 saturated heterocycles. The topological polar surface area (TPSA) is 19.9 Å². The van der Waals surface area contributed by atoms with E-state index in [0.29, 0.717) is 0 Å². The third-order valence-electron chi connectivity index (χ3n) is 2.78. The van der Waals surface area contributed by atoms with Gasteiger partial charge in [-0.05, 0) is 29.5 Å². The highest BCUT2D eigenvalue weighted by molar-refractivity contribution is 5.65. The lowest BCUT2D eigenvalue weighted by Crippen LogP contribution is -1.95. The Labute approximate surface area is 85.1 Å². The number of unbranched alkanes of at least 4 members (excludes halogenated alkanes) is 1.